The number of H-pyrrole nitrogens is 1. The summed E-state index contributed by atoms with van der Waals surface area (Å²) >= 11 is 0. The molecule has 3 aromatic rings. The standard InChI is InChI=1S/C19H20N6O3/c1-22-16(13(11-20)17(26)23(2)19(22)28)24-9-7-12(8-10-24)25-15-6-4-3-5-14(15)21-18(25)27/h3-6,12H,7-10H2,1-2H3,(H,21,27). The molecular weight excluding hydrogens is 360 g/mol. The fourth-order valence-corrected chi connectivity index (χ4v) is 4.07. The van der Waals surface area contributed by atoms with E-state index in [9.17, 15) is 19.6 Å². The number of para-hydroxylation sites is 2. The van der Waals surface area contributed by atoms with Gasteiger partial charge in [0.1, 0.15) is 11.9 Å². The summed E-state index contributed by atoms with van der Waals surface area (Å²) in [7, 11) is 2.93. The minimum Gasteiger partial charge on any atom is -0.356 e. The Hall–Kier alpha value is -3.54. The van der Waals surface area contributed by atoms with Crippen LogP contribution in [0.4, 0.5) is 5.82 Å². The molecule has 0 saturated carbocycles. The van der Waals surface area contributed by atoms with Crippen LogP contribution in [0.25, 0.3) is 11.0 Å². The van der Waals surface area contributed by atoms with Gasteiger partial charge in [0, 0.05) is 33.2 Å². The van der Waals surface area contributed by atoms with Gasteiger partial charge in [-0.15, -0.1) is 0 Å². The maximum Gasteiger partial charge on any atom is 0.332 e. The molecule has 0 spiro atoms. The zero-order chi connectivity index (χ0) is 20.0. The number of piperidine rings is 1. The van der Waals surface area contributed by atoms with Crippen LogP contribution in [0.15, 0.2) is 38.6 Å². The van der Waals surface area contributed by atoms with Gasteiger partial charge in [0.2, 0.25) is 0 Å². The fraction of sp³-hybridized carbons (Fsp3) is 0.368. The van der Waals surface area contributed by atoms with Crippen molar-refractivity contribution in [2.24, 2.45) is 14.1 Å². The van der Waals surface area contributed by atoms with E-state index in [0.29, 0.717) is 31.7 Å². The smallest absolute Gasteiger partial charge is 0.332 e. The van der Waals surface area contributed by atoms with Gasteiger partial charge < -0.3 is 9.88 Å². The predicted octanol–water partition coefficient (Wildman–Crippen LogP) is 0.440. The highest BCUT2D eigenvalue weighted by molar-refractivity contribution is 5.75. The number of nitrogens with one attached hydrogen (secondary N) is 1. The summed E-state index contributed by atoms with van der Waals surface area (Å²) in [6.07, 6.45) is 1.33. The number of hydrogen-bond acceptors (Lipinski definition) is 5. The Balaban J connectivity index is 1.68. The van der Waals surface area contributed by atoms with Crippen molar-refractivity contribution >= 4 is 16.9 Å². The summed E-state index contributed by atoms with van der Waals surface area (Å²) in [4.78, 5) is 41.8. The van der Waals surface area contributed by atoms with Crippen molar-refractivity contribution in [2.45, 2.75) is 18.9 Å². The van der Waals surface area contributed by atoms with Gasteiger partial charge in [-0.3, -0.25) is 18.5 Å². The van der Waals surface area contributed by atoms with Crippen LogP contribution in [-0.2, 0) is 14.1 Å². The molecule has 0 unspecified atom stereocenters. The first-order valence-corrected chi connectivity index (χ1v) is 9.08. The minimum absolute atomic E-state index is 0.00834. The fourth-order valence-electron chi connectivity index (χ4n) is 4.07. The van der Waals surface area contributed by atoms with Gasteiger partial charge >= 0.3 is 11.4 Å². The van der Waals surface area contributed by atoms with Crippen molar-refractivity contribution < 1.29 is 0 Å². The number of anilines is 1. The SMILES string of the molecule is Cn1c(N2CCC(n3c(=O)[nH]c4ccccc43)CC2)c(C#N)c(=O)n(C)c1=O. The lowest BCUT2D eigenvalue weighted by atomic mass is 10.0. The Morgan fingerprint density at radius 2 is 1.75 bits per heavy atom. The number of aromatic nitrogens is 4. The Kier molecular flexibility index (Phi) is 4.19. The van der Waals surface area contributed by atoms with E-state index >= 15 is 0 Å². The second-order valence-electron chi connectivity index (χ2n) is 7.05. The number of benzene rings is 1. The van der Waals surface area contributed by atoms with Gasteiger partial charge in [-0.25, -0.2) is 9.59 Å². The van der Waals surface area contributed by atoms with Gasteiger partial charge in [0.05, 0.1) is 11.0 Å². The number of aromatic amines is 1. The van der Waals surface area contributed by atoms with E-state index in [1.807, 2.05) is 35.2 Å². The van der Waals surface area contributed by atoms with Crippen molar-refractivity contribution in [3.63, 3.8) is 0 Å². The summed E-state index contributed by atoms with van der Waals surface area (Å²) in [5.41, 5.74) is 0.440. The lowest BCUT2D eigenvalue weighted by Crippen LogP contribution is -2.45. The summed E-state index contributed by atoms with van der Waals surface area (Å²) in [5, 5.41) is 9.47. The Labute approximate surface area is 159 Å². The molecule has 0 atom stereocenters. The van der Waals surface area contributed by atoms with Crippen LogP contribution in [0, 0.1) is 11.3 Å². The number of rotatable bonds is 2. The third kappa shape index (κ3) is 2.57. The van der Waals surface area contributed by atoms with E-state index in [0.717, 1.165) is 15.6 Å². The molecule has 3 heterocycles. The maximum atomic E-state index is 12.4. The number of imidazole rings is 1. The summed E-state index contributed by atoms with van der Waals surface area (Å²) in [5.74, 6) is 0.348. The number of nitrogens with zero attached hydrogens (tertiary/aromatic N) is 5. The minimum atomic E-state index is -0.587. The topological polar surface area (TPSA) is 109 Å². The first-order valence-electron chi connectivity index (χ1n) is 9.08. The second-order valence-corrected chi connectivity index (χ2v) is 7.05. The Morgan fingerprint density at radius 1 is 1.07 bits per heavy atom. The predicted molar refractivity (Wildman–Crippen MR) is 105 cm³/mol. The molecule has 2 aromatic heterocycles. The van der Waals surface area contributed by atoms with Crippen LogP contribution in [0.5, 0.6) is 0 Å². The van der Waals surface area contributed by atoms with Gasteiger partial charge in [0.15, 0.2) is 5.56 Å². The summed E-state index contributed by atoms with van der Waals surface area (Å²) < 4.78 is 4.07. The number of nitriles is 1. The van der Waals surface area contributed by atoms with Gasteiger partial charge in [-0.05, 0) is 25.0 Å². The first kappa shape index (κ1) is 17.9. The molecule has 1 aliphatic heterocycles. The van der Waals surface area contributed by atoms with E-state index in [4.69, 9.17) is 0 Å². The molecule has 9 nitrogen and oxygen atoms in total. The second kappa shape index (κ2) is 6.56. The quantitative estimate of drug-likeness (QED) is 0.694. The highest BCUT2D eigenvalue weighted by atomic mass is 16.2. The number of fused-ring (bicyclic) bond motifs is 1. The lowest BCUT2D eigenvalue weighted by molar-refractivity contribution is 0.392. The molecule has 0 aliphatic carbocycles. The van der Waals surface area contributed by atoms with E-state index in [1.165, 1.54) is 11.6 Å². The zero-order valence-corrected chi connectivity index (χ0v) is 15.7. The third-order valence-electron chi connectivity index (χ3n) is 5.50. The normalized spacial score (nSPS) is 15.1. The molecule has 0 bridgehead atoms. The first-order chi connectivity index (χ1) is 13.4. The molecule has 28 heavy (non-hydrogen) atoms. The molecule has 1 N–H and O–H groups in total. The molecule has 144 valence electrons. The highest BCUT2D eigenvalue weighted by Gasteiger charge is 2.27. The molecule has 1 aromatic carbocycles. The van der Waals surface area contributed by atoms with Crippen LogP contribution in [-0.4, -0.2) is 31.8 Å². The van der Waals surface area contributed by atoms with E-state index in [1.54, 1.807) is 11.6 Å². The molecule has 1 aliphatic rings. The highest BCUT2D eigenvalue weighted by Crippen LogP contribution is 2.28. The van der Waals surface area contributed by atoms with Crippen LogP contribution in [0.1, 0.15) is 24.4 Å². The Bertz CT molecular complexity index is 1280. The average molecular weight is 380 g/mol. The van der Waals surface area contributed by atoms with Crippen LogP contribution < -0.4 is 21.8 Å². The zero-order valence-electron chi connectivity index (χ0n) is 15.7. The van der Waals surface area contributed by atoms with Gasteiger partial charge in [0.25, 0.3) is 5.56 Å². The molecular formula is C19H20N6O3. The van der Waals surface area contributed by atoms with Crippen molar-refractivity contribution in [1.29, 1.82) is 5.26 Å². The molecule has 1 saturated heterocycles. The Morgan fingerprint density at radius 3 is 2.43 bits per heavy atom. The maximum absolute atomic E-state index is 12.4. The van der Waals surface area contributed by atoms with E-state index < -0.39 is 11.2 Å². The third-order valence-corrected chi connectivity index (χ3v) is 5.50. The summed E-state index contributed by atoms with van der Waals surface area (Å²) in [6, 6.07) is 9.52. The van der Waals surface area contributed by atoms with E-state index in [2.05, 4.69) is 4.98 Å². The summed E-state index contributed by atoms with van der Waals surface area (Å²) in [6.45, 7) is 1.07. The molecule has 9 heteroatoms. The van der Waals surface area contributed by atoms with Crippen molar-refractivity contribution in [3.05, 3.63) is 61.2 Å². The van der Waals surface area contributed by atoms with Crippen molar-refractivity contribution in [3.8, 4) is 6.07 Å². The monoisotopic (exact) mass is 380 g/mol. The largest absolute Gasteiger partial charge is 0.356 e. The molecule has 4 rings (SSSR count). The molecule has 0 amide bonds. The van der Waals surface area contributed by atoms with Crippen molar-refractivity contribution in [1.82, 2.24) is 18.7 Å². The average Bonchev–Trinajstić information content (AvgIpc) is 3.05. The number of hydrogen-bond donors (Lipinski definition) is 1. The molecule has 0 radical (unpaired) electrons. The van der Waals surface area contributed by atoms with Crippen LogP contribution >= 0.6 is 0 Å². The molecule has 1 fully saturated rings. The van der Waals surface area contributed by atoms with Gasteiger partial charge in [-0.1, -0.05) is 12.1 Å². The van der Waals surface area contributed by atoms with Crippen LogP contribution in [0.2, 0.25) is 0 Å². The van der Waals surface area contributed by atoms with Gasteiger partial charge in [-0.2, -0.15) is 5.26 Å². The van der Waals surface area contributed by atoms with Crippen LogP contribution in [0.3, 0.4) is 0 Å². The lowest BCUT2D eigenvalue weighted by Gasteiger charge is -2.35. The van der Waals surface area contributed by atoms with E-state index in [-0.39, 0.29) is 17.3 Å². The van der Waals surface area contributed by atoms with Crippen molar-refractivity contribution in [2.75, 3.05) is 18.0 Å².